The summed E-state index contributed by atoms with van der Waals surface area (Å²) in [7, 11) is -1.24. The molecule has 3 rings (SSSR count). The summed E-state index contributed by atoms with van der Waals surface area (Å²) >= 11 is 6.31. The van der Waals surface area contributed by atoms with Crippen molar-refractivity contribution in [3.63, 3.8) is 0 Å². The van der Waals surface area contributed by atoms with Gasteiger partial charge in [-0.2, -0.15) is 0 Å². The first-order chi connectivity index (χ1) is 16.6. The van der Waals surface area contributed by atoms with Gasteiger partial charge in [-0.1, -0.05) is 41.9 Å². The fraction of sp³-hybridized carbons (Fsp3) is 0.269. The molecule has 0 radical (unpaired) electrons. The van der Waals surface area contributed by atoms with Gasteiger partial charge in [0, 0.05) is 10.6 Å². The average Bonchev–Trinajstić information content (AvgIpc) is 2.84. The quantitative estimate of drug-likeness (QED) is 0.430. The zero-order valence-corrected chi connectivity index (χ0v) is 21.9. The Morgan fingerprint density at radius 2 is 1.69 bits per heavy atom. The summed E-state index contributed by atoms with van der Waals surface area (Å²) in [6.45, 7) is 4.95. The fourth-order valence-electron chi connectivity index (χ4n) is 3.68. The van der Waals surface area contributed by atoms with Crippen molar-refractivity contribution in [2.24, 2.45) is 0 Å². The van der Waals surface area contributed by atoms with Gasteiger partial charge in [-0.25, -0.2) is 8.42 Å². The predicted octanol–water partition coefficient (Wildman–Crippen LogP) is 5.05. The average molecular weight is 517 g/mol. The minimum Gasteiger partial charge on any atom is -0.496 e. The highest BCUT2D eigenvalue weighted by Gasteiger charge is 2.31. The molecule has 0 spiro atoms. The van der Waals surface area contributed by atoms with Crippen molar-refractivity contribution < 1.29 is 22.7 Å². The summed E-state index contributed by atoms with van der Waals surface area (Å²) in [5.41, 5.74) is 2.57. The van der Waals surface area contributed by atoms with E-state index in [0.717, 1.165) is 21.0 Å². The first kappa shape index (κ1) is 26.4. The molecule has 0 bridgehead atoms. The number of rotatable bonds is 9. The first-order valence-corrected chi connectivity index (χ1v) is 12.8. The van der Waals surface area contributed by atoms with E-state index >= 15 is 0 Å². The Labute approximate surface area is 211 Å². The lowest BCUT2D eigenvalue weighted by atomic mass is 10.1. The number of halogens is 1. The molecule has 0 aromatic heterocycles. The van der Waals surface area contributed by atoms with E-state index in [2.05, 4.69) is 5.32 Å². The van der Waals surface area contributed by atoms with Crippen LogP contribution in [0.5, 0.6) is 11.5 Å². The van der Waals surface area contributed by atoms with E-state index in [9.17, 15) is 13.2 Å². The lowest BCUT2D eigenvalue weighted by Gasteiger charge is -2.26. The molecule has 35 heavy (non-hydrogen) atoms. The van der Waals surface area contributed by atoms with E-state index in [1.165, 1.54) is 19.2 Å². The molecule has 0 aliphatic heterocycles. The molecule has 3 aromatic rings. The number of amides is 1. The molecule has 1 atom stereocenters. The standard InChI is InChI=1S/C26H29ClN2O5S/c1-17-10-13-24(34-5)25(14-17)35(31,32)29(20-12-11-18(2)22(27)15-20)16-26(30)28-19(3)21-8-6-7-9-23(21)33-4/h6-15,19H,16H2,1-5H3,(H,28,30). The van der Waals surface area contributed by atoms with Crippen LogP contribution in [-0.2, 0) is 14.8 Å². The van der Waals surface area contributed by atoms with Crippen molar-refractivity contribution in [2.45, 2.75) is 31.7 Å². The molecule has 0 aliphatic carbocycles. The lowest BCUT2D eigenvalue weighted by Crippen LogP contribution is -2.41. The van der Waals surface area contributed by atoms with Crippen LogP contribution < -0.4 is 19.1 Å². The Hall–Kier alpha value is -3.23. The summed E-state index contributed by atoms with van der Waals surface area (Å²) in [6.07, 6.45) is 0. The minimum absolute atomic E-state index is 0.0396. The molecule has 9 heteroatoms. The maximum atomic E-state index is 13.9. The predicted molar refractivity (Wildman–Crippen MR) is 138 cm³/mol. The number of carbonyl (C=O) groups is 1. The van der Waals surface area contributed by atoms with E-state index in [1.807, 2.05) is 25.1 Å². The normalized spacial score (nSPS) is 12.1. The van der Waals surface area contributed by atoms with E-state index in [0.29, 0.717) is 10.8 Å². The largest absolute Gasteiger partial charge is 0.496 e. The number of benzene rings is 3. The van der Waals surface area contributed by atoms with Crippen molar-refractivity contribution in [2.75, 3.05) is 25.1 Å². The Morgan fingerprint density at radius 3 is 2.34 bits per heavy atom. The van der Waals surface area contributed by atoms with Gasteiger partial charge in [-0.05, 0) is 62.2 Å². The number of hydrogen-bond acceptors (Lipinski definition) is 5. The highest BCUT2D eigenvalue weighted by Crippen LogP contribution is 2.33. The Bertz CT molecular complexity index is 1330. The topological polar surface area (TPSA) is 84.9 Å². The van der Waals surface area contributed by atoms with Gasteiger partial charge in [-0.15, -0.1) is 0 Å². The second kappa shape index (κ2) is 11.0. The van der Waals surface area contributed by atoms with Crippen molar-refractivity contribution in [1.82, 2.24) is 5.32 Å². The molecule has 186 valence electrons. The molecule has 0 heterocycles. The van der Waals surface area contributed by atoms with Gasteiger partial charge in [0.15, 0.2) is 0 Å². The molecule has 7 nitrogen and oxygen atoms in total. The monoisotopic (exact) mass is 516 g/mol. The van der Waals surface area contributed by atoms with Crippen LogP contribution >= 0.6 is 11.6 Å². The molecule has 1 amide bonds. The van der Waals surface area contributed by atoms with E-state index in [4.69, 9.17) is 21.1 Å². The summed E-state index contributed by atoms with van der Waals surface area (Å²) < 4.78 is 39.5. The summed E-state index contributed by atoms with van der Waals surface area (Å²) in [5.74, 6) is 0.316. The Balaban J connectivity index is 2.00. The number of para-hydroxylation sites is 1. The van der Waals surface area contributed by atoms with E-state index in [1.54, 1.807) is 51.3 Å². The minimum atomic E-state index is -4.19. The van der Waals surface area contributed by atoms with Gasteiger partial charge in [0.25, 0.3) is 10.0 Å². The molecule has 3 aromatic carbocycles. The van der Waals surface area contributed by atoms with Crippen LogP contribution in [0.2, 0.25) is 5.02 Å². The third kappa shape index (κ3) is 5.89. The highest BCUT2D eigenvalue weighted by atomic mass is 35.5. The Morgan fingerprint density at radius 1 is 1.00 bits per heavy atom. The number of methoxy groups -OCH3 is 2. The number of aryl methyl sites for hydroxylation is 2. The van der Waals surface area contributed by atoms with Crippen LogP contribution in [0, 0.1) is 13.8 Å². The van der Waals surface area contributed by atoms with Crippen molar-refractivity contribution in [3.05, 3.63) is 82.4 Å². The highest BCUT2D eigenvalue weighted by molar-refractivity contribution is 7.93. The number of carbonyl (C=O) groups excluding carboxylic acids is 1. The van der Waals surface area contributed by atoms with Crippen LogP contribution in [0.15, 0.2) is 65.6 Å². The van der Waals surface area contributed by atoms with Gasteiger partial charge in [0.2, 0.25) is 5.91 Å². The van der Waals surface area contributed by atoms with Crippen molar-refractivity contribution in [3.8, 4) is 11.5 Å². The van der Waals surface area contributed by atoms with Crippen LogP contribution in [0.25, 0.3) is 0 Å². The van der Waals surface area contributed by atoms with Crippen molar-refractivity contribution in [1.29, 1.82) is 0 Å². The molecular weight excluding hydrogens is 488 g/mol. The molecule has 1 unspecified atom stereocenters. The molecular formula is C26H29ClN2O5S. The molecule has 0 fully saturated rings. The molecule has 0 aliphatic rings. The number of anilines is 1. The second-order valence-electron chi connectivity index (χ2n) is 8.13. The molecule has 0 saturated heterocycles. The SMILES string of the molecule is COc1ccccc1C(C)NC(=O)CN(c1ccc(C)c(Cl)c1)S(=O)(=O)c1cc(C)ccc1OC. The number of nitrogens with one attached hydrogen (secondary N) is 1. The second-order valence-corrected chi connectivity index (χ2v) is 10.4. The maximum absolute atomic E-state index is 13.9. The molecule has 0 saturated carbocycles. The van der Waals surface area contributed by atoms with Crippen molar-refractivity contribution >= 4 is 33.2 Å². The van der Waals surface area contributed by atoms with Gasteiger partial charge in [0.1, 0.15) is 22.9 Å². The fourth-order valence-corrected chi connectivity index (χ4v) is 5.51. The zero-order valence-electron chi connectivity index (χ0n) is 20.3. The summed E-state index contributed by atoms with van der Waals surface area (Å²) in [5, 5.41) is 3.26. The van der Waals surface area contributed by atoms with E-state index < -0.39 is 28.5 Å². The summed E-state index contributed by atoms with van der Waals surface area (Å²) in [4.78, 5) is 13.1. The van der Waals surface area contributed by atoms with Crippen LogP contribution in [0.4, 0.5) is 5.69 Å². The van der Waals surface area contributed by atoms with E-state index in [-0.39, 0.29) is 16.3 Å². The van der Waals surface area contributed by atoms with Gasteiger partial charge < -0.3 is 14.8 Å². The van der Waals surface area contributed by atoms with Gasteiger partial charge >= 0.3 is 0 Å². The maximum Gasteiger partial charge on any atom is 0.268 e. The number of hydrogen-bond donors (Lipinski definition) is 1. The first-order valence-electron chi connectivity index (χ1n) is 10.9. The number of nitrogens with zero attached hydrogens (tertiary/aromatic N) is 1. The van der Waals surface area contributed by atoms with Gasteiger partial charge in [0.05, 0.1) is 25.9 Å². The zero-order chi connectivity index (χ0) is 25.8. The number of sulfonamides is 1. The summed E-state index contributed by atoms with van der Waals surface area (Å²) in [6, 6.07) is 16.6. The molecule has 1 N–H and O–H groups in total. The third-order valence-electron chi connectivity index (χ3n) is 5.60. The Kier molecular flexibility index (Phi) is 8.30. The van der Waals surface area contributed by atoms with Crippen LogP contribution in [0.3, 0.4) is 0 Å². The van der Waals surface area contributed by atoms with Crippen LogP contribution in [-0.4, -0.2) is 35.1 Å². The lowest BCUT2D eigenvalue weighted by molar-refractivity contribution is -0.120. The van der Waals surface area contributed by atoms with Crippen LogP contribution in [0.1, 0.15) is 29.7 Å². The smallest absolute Gasteiger partial charge is 0.268 e. The number of ether oxygens (including phenoxy) is 2. The third-order valence-corrected chi connectivity index (χ3v) is 7.80. The van der Waals surface area contributed by atoms with Gasteiger partial charge in [-0.3, -0.25) is 9.10 Å².